The lowest BCUT2D eigenvalue weighted by Crippen LogP contribution is -2.07. The van der Waals surface area contributed by atoms with Gasteiger partial charge in [0.25, 0.3) is 0 Å². The van der Waals surface area contributed by atoms with Crippen LogP contribution < -0.4 is 29.0 Å². The Morgan fingerprint density at radius 3 is 1.86 bits per heavy atom. The average Bonchev–Trinajstić information content (AvgIpc) is 2.89. The molecular weight excluding hydrogens is 446 g/mol. The molecule has 0 aliphatic heterocycles. The van der Waals surface area contributed by atoms with Crippen LogP contribution in [0.2, 0.25) is 0 Å². The van der Waals surface area contributed by atoms with Crippen molar-refractivity contribution in [1.82, 2.24) is 0 Å². The number of hydrogen-bond acceptors (Lipinski definition) is 6. The van der Waals surface area contributed by atoms with Gasteiger partial charge in [0.1, 0.15) is 0 Å². The molecule has 1 amide bonds. The number of nitrogens with one attached hydrogen (secondary N) is 1. The van der Waals surface area contributed by atoms with Crippen LogP contribution in [0, 0.1) is 0 Å². The fourth-order valence-electron chi connectivity index (χ4n) is 3.42. The molecule has 0 atom stereocenters. The van der Waals surface area contributed by atoms with Crippen molar-refractivity contribution in [2.45, 2.75) is 0 Å². The van der Waals surface area contributed by atoms with Crippen LogP contribution in [0.3, 0.4) is 0 Å². The molecule has 3 aromatic rings. The van der Waals surface area contributed by atoms with Crippen molar-refractivity contribution in [3.8, 4) is 28.7 Å². The molecule has 3 rings (SSSR count). The van der Waals surface area contributed by atoms with Crippen molar-refractivity contribution in [2.24, 2.45) is 0 Å². The molecule has 0 radical (unpaired) electrons. The molecule has 7 heteroatoms. The van der Waals surface area contributed by atoms with Gasteiger partial charge in [-0.1, -0.05) is 30.4 Å². The van der Waals surface area contributed by atoms with E-state index in [-0.39, 0.29) is 5.91 Å². The van der Waals surface area contributed by atoms with Gasteiger partial charge in [-0.25, -0.2) is 0 Å². The minimum Gasteiger partial charge on any atom is -0.493 e. The van der Waals surface area contributed by atoms with E-state index in [4.69, 9.17) is 23.7 Å². The number of hydrogen-bond donors (Lipinski definition) is 1. The molecule has 1 N–H and O–H groups in total. The Kier molecular flexibility index (Phi) is 8.78. The Bertz CT molecular complexity index is 1210. The van der Waals surface area contributed by atoms with Crippen LogP contribution in [0.1, 0.15) is 16.7 Å². The highest BCUT2D eigenvalue weighted by Crippen LogP contribution is 2.38. The second-order valence-electron chi connectivity index (χ2n) is 7.35. The maximum absolute atomic E-state index is 12.4. The number of methoxy groups -OCH3 is 5. The summed E-state index contributed by atoms with van der Waals surface area (Å²) in [5, 5.41) is 2.88. The van der Waals surface area contributed by atoms with Crippen molar-refractivity contribution in [1.29, 1.82) is 0 Å². The topological polar surface area (TPSA) is 75.3 Å². The van der Waals surface area contributed by atoms with E-state index in [0.29, 0.717) is 34.4 Å². The zero-order valence-electron chi connectivity index (χ0n) is 20.5. The first kappa shape index (κ1) is 25.2. The van der Waals surface area contributed by atoms with Gasteiger partial charge < -0.3 is 29.0 Å². The summed E-state index contributed by atoms with van der Waals surface area (Å²) in [4.78, 5) is 12.4. The van der Waals surface area contributed by atoms with Crippen LogP contribution in [0.15, 0.2) is 60.7 Å². The number of carbonyl (C=O) groups excluding carboxylic acids is 1. The summed E-state index contributed by atoms with van der Waals surface area (Å²) in [6, 6.07) is 16.7. The number of ether oxygens (including phenoxy) is 5. The minimum absolute atomic E-state index is 0.245. The van der Waals surface area contributed by atoms with Gasteiger partial charge in [-0.2, -0.15) is 0 Å². The Balaban J connectivity index is 1.71. The fraction of sp³-hybridized carbons (Fsp3) is 0.179. The van der Waals surface area contributed by atoms with E-state index in [0.717, 1.165) is 16.7 Å². The SMILES string of the molecule is COc1ccc(/C=C/C(=O)Nc2cccc(C=Cc3cc(OC)c(OC)c(OC)c3)c2)cc1OC. The minimum atomic E-state index is -0.245. The summed E-state index contributed by atoms with van der Waals surface area (Å²) in [5.74, 6) is 2.68. The average molecular weight is 476 g/mol. The Morgan fingerprint density at radius 2 is 1.23 bits per heavy atom. The lowest BCUT2D eigenvalue weighted by Gasteiger charge is -2.12. The number of amides is 1. The number of rotatable bonds is 10. The number of carbonyl (C=O) groups is 1. The first-order valence-electron chi connectivity index (χ1n) is 10.8. The molecule has 0 saturated heterocycles. The third kappa shape index (κ3) is 6.57. The molecule has 0 unspecified atom stereocenters. The van der Waals surface area contributed by atoms with Crippen molar-refractivity contribution in [2.75, 3.05) is 40.9 Å². The van der Waals surface area contributed by atoms with Gasteiger partial charge in [-0.05, 0) is 59.2 Å². The normalized spacial score (nSPS) is 10.9. The van der Waals surface area contributed by atoms with Crippen LogP contribution in [-0.2, 0) is 4.79 Å². The highest BCUT2D eigenvalue weighted by Gasteiger charge is 2.12. The molecule has 0 aliphatic carbocycles. The van der Waals surface area contributed by atoms with E-state index < -0.39 is 0 Å². The van der Waals surface area contributed by atoms with Crippen molar-refractivity contribution < 1.29 is 28.5 Å². The Hall–Kier alpha value is -4.39. The zero-order chi connectivity index (χ0) is 25.2. The summed E-state index contributed by atoms with van der Waals surface area (Å²) < 4.78 is 26.7. The van der Waals surface area contributed by atoms with E-state index in [2.05, 4.69) is 5.32 Å². The van der Waals surface area contributed by atoms with Crippen LogP contribution >= 0.6 is 0 Å². The Labute approximate surface area is 205 Å². The van der Waals surface area contributed by atoms with Gasteiger partial charge >= 0.3 is 0 Å². The van der Waals surface area contributed by atoms with E-state index >= 15 is 0 Å². The molecule has 0 aromatic heterocycles. The summed E-state index contributed by atoms with van der Waals surface area (Å²) in [7, 11) is 7.88. The number of anilines is 1. The van der Waals surface area contributed by atoms with Gasteiger partial charge in [-0.15, -0.1) is 0 Å². The largest absolute Gasteiger partial charge is 0.493 e. The Morgan fingerprint density at radius 1 is 0.629 bits per heavy atom. The first-order valence-corrected chi connectivity index (χ1v) is 10.8. The van der Waals surface area contributed by atoms with E-state index in [1.165, 1.54) is 6.08 Å². The maximum atomic E-state index is 12.4. The molecule has 182 valence electrons. The molecule has 35 heavy (non-hydrogen) atoms. The monoisotopic (exact) mass is 475 g/mol. The summed E-state index contributed by atoms with van der Waals surface area (Å²) in [6.45, 7) is 0. The molecule has 0 bridgehead atoms. The lowest BCUT2D eigenvalue weighted by atomic mass is 10.1. The molecule has 0 spiro atoms. The van der Waals surface area contributed by atoms with Crippen LogP contribution in [0.5, 0.6) is 28.7 Å². The molecule has 0 heterocycles. The zero-order valence-corrected chi connectivity index (χ0v) is 20.5. The van der Waals surface area contributed by atoms with E-state index in [1.54, 1.807) is 53.8 Å². The van der Waals surface area contributed by atoms with E-state index in [1.807, 2.05) is 54.6 Å². The third-order valence-corrected chi connectivity index (χ3v) is 5.14. The third-order valence-electron chi connectivity index (χ3n) is 5.14. The first-order chi connectivity index (χ1) is 17.0. The lowest BCUT2D eigenvalue weighted by molar-refractivity contribution is -0.111. The van der Waals surface area contributed by atoms with E-state index in [9.17, 15) is 4.79 Å². The predicted molar refractivity (Wildman–Crippen MR) is 139 cm³/mol. The maximum Gasteiger partial charge on any atom is 0.248 e. The van der Waals surface area contributed by atoms with Gasteiger partial charge in [-0.3, -0.25) is 4.79 Å². The summed E-state index contributed by atoms with van der Waals surface area (Å²) >= 11 is 0. The van der Waals surface area contributed by atoms with Gasteiger partial charge in [0.2, 0.25) is 11.7 Å². The summed E-state index contributed by atoms with van der Waals surface area (Å²) in [5.41, 5.74) is 3.30. The highest BCUT2D eigenvalue weighted by molar-refractivity contribution is 6.02. The molecule has 7 nitrogen and oxygen atoms in total. The molecular formula is C28H29NO6. The quantitative estimate of drug-likeness (QED) is 0.306. The fourth-order valence-corrected chi connectivity index (χ4v) is 3.42. The van der Waals surface area contributed by atoms with Crippen molar-refractivity contribution >= 4 is 29.8 Å². The predicted octanol–water partition coefficient (Wildman–Crippen LogP) is 5.55. The van der Waals surface area contributed by atoms with Crippen LogP contribution in [0.4, 0.5) is 5.69 Å². The molecule has 0 fully saturated rings. The molecule has 0 aliphatic rings. The molecule has 0 saturated carbocycles. The highest BCUT2D eigenvalue weighted by atomic mass is 16.5. The second-order valence-corrected chi connectivity index (χ2v) is 7.35. The second kappa shape index (κ2) is 12.2. The summed E-state index contributed by atoms with van der Waals surface area (Å²) in [6.07, 6.45) is 7.06. The van der Waals surface area contributed by atoms with Gasteiger partial charge in [0.05, 0.1) is 35.5 Å². The smallest absolute Gasteiger partial charge is 0.248 e. The number of benzene rings is 3. The van der Waals surface area contributed by atoms with Crippen LogP contribution in [0.25, 0.3) is 18.2 Å². The van der Waals surface area contributed by atoms with Crippen LogP contribution in [-0.4, -0.2) is 41.5 Å². The molecule has 3 aromatic carbocycles. The van der Waals surface area contributed by atoms with Crippen molar-refractivity contribution in [3.63, 3.8) is 0 Å². The van der Waals surface area contributed by atoms with Gasteiger partial charge in [0, 0.05) is 11.8 Å². The van der Waals surface area contributed by atoms with Crippen molar-refractivity contribution in [3.05, 3.63) is 77.4 Å². The van der Waals surface area contributed by atoms with Gasteiger partial charge in [0.15, 0.2) is 23.0 Å². The standard InChI is InChI=1S/C28H29NO6/c1-31-23-13-11-20(16-24(23)32-2)12-14-27(30)29-22-8-6-7-19(15-22)9-10-21-17-25(33-3)28(35-5)26(18-21)34-4/h6-18H,1-5H3,(H,29,30)/b10-9?,14-12+.